The van der Waals surface area contributed by atoms with Crippen LogP contribution in [0.5, 0.6) is 0 Å². The molecule has 68 valence electrons. The van der Waals surface area contributed by atoms with E-state index in [0.717, 1.165) is 6.42 Å². The van der Waals surface area contributed by atoms with Crippen molar-refractivity contribution in [2.24, 2.45) is 0 Å². The van der Waals surface area contributed by atoms with Gasteiger partial charge in [0.25, 0.3) is 5.56 Å². The van der Waals surface area contributed by atoms with Crippen molar-refractivity contribution in [2.45, 2.75) is 26.3 Å². The maximum atomic E-state index is 11.2. The highest BCUT2D eigenvalue weighted by Crippen LogP contribution is 1.91. The second-order valence-corrected chi connectivity index (χ2v) is 2.72. The van der Waals surface area contributed by atoms with E-state index in [4.69, 9.17) is 5.26 Å². The zero-order valence-electron chi connectivity index (χ0n) is 7.53. The van der Waals surface area contributed by atoms with E-state index in [0.29, 0.717) is 12.2 Å². The molecule has 0 aliphatic heterocycles. The Kier molecular flexibility index (Phi) is 3.21. The zero-order chi connectivity index (χ0) is 9.68. The van der Waals surface area contributed by atoms with Gasteiger partial charge in [0, 0.05) is 12.6 Å². The lowest BCUT2D eigenvalue weighted by molar-refractivity contribution is 0.558. The van der Waals surface area contributed by atoms with Crippen LogP contribution in [0.4, 0.5) is 0 Å². The molecule has 0 saturated carbocycles. The predicted octanol–water partition coefficient (Wildman–Crippen LogP) is 0.719. The fourth-order valence-electron chi connectivity index (χ4n) is 1.04. The van der Waals surface area contributed by atoms with Gasteiger partial charge in [0.1, 0.15) is 0 Å². The molecule has 0 spiro atoms. The summed E-state index contributed by atoms with van der Waals surface area (Å²) < 4.78 is 1.40. The molecule has 1 rings (SSSR count). The SMILES string of the molecule is CCCn1nc(CC#N)ccc1=O. The van der Waals surface area contributed by atoms with E-state index < -0.39 is 0 Å². The molecule has 4 nitrogen and oxygen atoms in total. The van der Waals surface area contributed by atoms with Crippen LogP contribution in [0.1, 0.15) is 19.0 Å². The van der Waals surface area contributed by atoms with Crippen LogP contribution in [0.25, 0.3) is 0 Å². The van der Waals surface area contributed by atoms with Gasteiger partial charge in [0.15, 0.2) is 0 Å². The van der Waals surface area contributed by atoms with Gasteiger partial charge in [-0.05, 0) is 12.5 Å². The van der Waals surface area contributed by atoms with Crippen LogP contribution >= 0.6 is 0 Å². The van der Waals surface area contributed by atoms with Gasteiger partial charge < -0.3 is 0 Å². The predicted molar refractivity (Wildman–Crippen MR) is 48.1 cm³/mol. The minimum absolute atomic E-state index is 0.108. The molecule has 0 bridgehead atoms. The number of hydrogen-bond donors (Lipinski definition) is 0. The lowest BCUT2D eigenvalue weighted by Crippen LogP contribution is -2.22. The van der Waals surface area contributed by atoms with Gasteiger partial charge in [-0.3, -0.25) is 4.79 Å². The van der Waals surface area contributed by atoms with Crippen molar-refractivity contribution in [1.29, 1.82) is 5.26 Å². The third kappa shape index (κ3) is 2.41. The van der Waals surface area contributed by atoms with E-state index in [1.807, 2.05) is 13.0 Å². The normalized spacial score (nSPS) is 9.54. The minimum atomic E-state index is -0.108. The summed E-state index contributed by atoms with van der Waals surface area (Å²) in [5, 5.41) is 12.5. The van der Waals surface area contributed by atoms with Crippen LogP contribution in [0.3, 0.4) is 0 Å². The molecule has 1 aromatic heterocycles. The van der Waals surface area contributed by atoms with Crippen molar-refractivity contribution >= 4 is 0 Å². The fraction of sp³-hybridized carbons (Fsp3) is 0.444. The van der Waals surface area contributed by atoms with Gasteiger partial charge in [-0.1, -0.05) is 6.92 Å². The first-order chi connectivity index (χ1) is 6.27. The molecular weight excluding hydrogens is 166 g/mol. The van der Waals surface area contributed by atoms with Gasteiger partial charge in [-0.25, -0.2) is 4.68 Å². The van der Waals surface area contributed by atoms with Gasteiger partial charge >= 0.3 is 0 Å². The third-order valence-corrected chi connectivity index (χ3v) is 1.62. The second-order valence-electron chi connectivity index (χ2n) is 2.72. The highest BCUT2D eigenvalue weighted by atomic mass is 16.1. The lowest BCUT2D eigenvalue weighted by Gasteiger charge is -2.02. The topological polar surface area (TPSA) is 58.7 Å². The minimum Gasteiger partial charge on any atom is -0.268 e. The van der Waals surface area contributed by atoms with Crippen molar-refractivity contribution < 1.29 is 0 Å². The second kappa shape index (κ2) is 4.41. The molecule has 0 unspecified atom stereocenters. The van der Waals surface area contributed by atoms with Gasteiger partial charge in [0.05, 0.1) is 18.2 Å². The number of rotatable bonds is 3. The van der Waals surface area contributed by atoms with Crippen molar-refractivity contribution in [2.75, 3.05) is 0 Å². The summed E-state index contributed by atoms with van der Waals surface area (Å²) in [6.07, 6.45) is 1.12. The molecule has 0 aliphatic rings. The molecule has 1 heterocycles. The molecule has 0 amide bonds. The Morgan fingerprint density at radius 1 is 1.62 bits per heavy atom. The van der Waals surface area contributed by atoms with Crippen molar-refractivity contribution in [3.05, 3.63) is 28.2 Å². The number of aromatic nitrogens is 2. The summed E-state index contributed by atoms with van der Waals surface area (Å²) >= 11 is 0. The number of nitrogens with zero attached hydrogens (tertiary/aromatic N) is 3. The summed E-state index contributed by atoms with van der Waals surface area (Å²) in [7, 11) is 0. The van der Waals surface area contributed by atoms with E-state index in [1.54, 1.807) is 6.07 Å². The average Bonchev–Trinajstić information content (AvgIpc) is 2.12. The van der Waals surface area contributed by atoms with Gasteiger partial charge in [-0.15, -0.1) is 0 Å². The summed E-state index contributed by atoms with van der Waals surface area (Å²) in [6, 6.07) is 5.04. The molecule has 0 fully saturated rings. The Balaban J connectivity index is 2.98. The Labute approximate surface area is 76.4 Å². The van der Waals surface area contributed by atoms with Crippen LogP contribution in [0.2, 0.25) is 0 Å². The summed E-state index contributed by atoms with van der Waals surface area (Å²) in [5.74, 6) is 0. The van der Waals surface area contributed by atoms with Gasteiger partial charge in [-0.2, -0.15) is 10.4 Å². The first-order valence-corrected chi connectivity index (χ1v) is 4.22. The molecule has 0 radical (unpaired) electrons. The molecule has 0 atom stereocenters. The van der Waals surface area contributed by atoms with Crippen molar-refractivity contribution in [1.82, 2.24) is 9.78 Å². The Hall–Kier alpha value is -1.63. The fourth-order valence-corrected chi connectivity index (χ4v) is 1.04. The molecule has 0 aromatic carbocycles. The Morgan fingerprint density at radius 2 is 2.38 bits per heavy atom. The number of aryl methyl sites for hydroxylation is 1. The average molecular weight is 177 g/mol. The maximum Gasteiger partial charge on any atom is 0.266 e. The lowest BCUT2D eigenvalue weighted by atomic mass is 10.3. The summed E-state index contributed by atoms with van der Waals surface area (Å²) in [6.45, 7) is 2.59. The summed E-state index contributed by atoms with van der Waals surface area (Å²) in [4.78, 5) is 11.2. The molecule has 0 N–H and O–H groups in total. The van der Waals surface area contributed by atoms with Crippen molar-refractivity contribution in [3.8, 4) is 6.07 Å². The molecule has 4 heteroatoms. The van der Waals surface area contributed by atoms with Crippen LogP contribution in [0.15, 0.2) is 16.9 Å². The van der Waals surface area contributed by atoms with Crippen LogP contribution in [-0.2, 0) is 13.0 Å². The van der Waals surface area contributed by atoms with E-state index in [2.05, 4.69) is 5.10 Å². The maximum absolute atomic E-state index is 11.2. The molecule has 0 aliphatic carbocycles. The van der Waals surface area contributed by atoms with E-state index in [1.165, 1.54) is 10.7 Å². The van der Waals surface area contributed by atoms with E-state index in [9.17, 15) is 4.79 Å². The standard InChI is InChI=1S/C9H11N3O/c1-2-7-12-9(13)4-3-8(11-12)5-6-10/h3-4H,2,5,7H2,1H3. The highest BCUT2D eigenvalue weighted by molar-refractivity contribution is 5.05. The number of hydrogen-bond acceptors (Lipinski definition) is 3. The van der Waals surface area contributed by atoms with E-state index >= 15 is 0 Å². The highest BCUT2D eigenvalue weighted by Gasteiger charge is 1.98. The first-order valence-electron chi connectivity index (χ1n) is 4.22. The largest absolute Gasteiger partial charge is 0.268 e. The van der Waals surface area contributed by atoms with Crippen LogP contribution in [0, 0.1) is 11.3 Å². The molecule has 13 heavy (non-hydrogen) atoms. The first kappa shape index (κ1) is 9.46. The monoisotopic (exact) mass is 177 g/mol. The Bertz CT molecular complexity index is 375. The molecule has 0 saturated heterocycles. The quantitative estimate of drug-likeness (QED) is 0.683. The molecule has 1 aromatic rings. The van der Waals surface area contributed by atoms with E-state index in [-0.39, 0.29) is 12.0 Å². The zero-order valence-corrected chi connectivity index (χ0v) is 7.53. The van der Waals surface area contributed by atoms with Crippen LogP contribution < -0.4 is 5.56 Å². The third-order valence-electron chi connectivity index (χ3n) is 1.62. The number of nitriles is 1. The van der Waals surface area contributed by atoms with Gasteiger partial charge in [0.2, 0.25) is 0 Å². The Morgan fingerprint density at radius 3 is 3.00 bits per heavy atom. The smallest absolute Gasteiger partial charge is 0.266 e. The molecular formula is C9H11N3O. The van der Waals surface area contributed by atoms with Crippen molar-refractivity contribution in [3.63, 3.8) is 0 Å². The van der Waals surface area contributed by atoms with Crippen LogP contribution in [-0.4, -0.2) is 9.78 Å². The summed E-state index contributed by atoms with van der Waals surface area (Å²) in [5.41, 5.74) is 0.541.